The van der Waals surface area contributed by atoms with Crippen molar-refractivity contribution >= 4 is 46.4 Å². The molecule has 3 aliphatic heterocycles. The molecule has 0 radical (unpaired) electrons. The van der Waals surface area contributed by atoms with Gasteiger partial charge in [0, 0.05) is 40.1 Å². The average molecular weight is 554 g/mol. The van der Waals surface area contributed by atoms with Gasteiger partial charge in [0.1, 0.15) is 6.04 Å². The fraction of sp³-hybridized carbons (Fsp3) is 0.133. The minimum atomic E-state index is -1.04. The summed E-state index contributed by atoms with van der Waals surface area (Å²) in [7, 11) is 0. The van der Waals surface area contributed by atoms with Gasteiger partial charge in [-0.2, -0.15) is 0 Å². The number of nitrogens with zero attached hydrogens (tertiary/aromatic N) is 3. The lowest BCUT2D eigenvalue weighted by Crippen LogP contribution is -2.46. The number of amides is 2. The Kier molecular flexibility index (Phi) is 6.15. The molecule has 9 nitrogen and oxygen atoms in total. The number of hydrogen-bond donors (Lipinski definition) is 0. The summed E-state index contributed by atoms with van der Waals surface area (Å²) >= 11 is 6.01. The highest BCUT2D eigenvalue weighted by molar-refractivity contribution is 6.30. The van der Waals surface area contributed by atoms with Crippen LogP contribution in [0.15, 0.2) is 103 Å². The Morgan fingerprint density at radius 1 is 0.825 bits per heavy atom. The Hall–Kier alpha value is -4.89. The van der Waals surface area contributed by atoms with Crippen LogP contribution in [0.1, 0.15) is 20.7 Å². The highest BCUT2D eigenvalue weighted by atomic mass is 35.5. The smallest absolute Gasteiger partial charge is 0.269 e. The number of Topliss-reactive ketones (excluding diaryl/α,β-unsaturated/α-hetero) is 2. The first-order valence-corrected chi connectivity index (χ1v) is 12.8. The van der Waals surface area contributed by atoms with Gasteiger partial charge in [-0.05, 0) is 42.5 Å². The van der Waals surface area contributed by atoms with Gasteiger partial charge in [-0.15, -0.1) is 0 Å². The van der Waals surface area contributed by atoms with Gasteiger partial charge in [0.2, 0.25) is 11.8 Å². The third-order valence-electron chi connectivity index (χ3n) is 7.56. The van der Waals surface area contributed by atoms with Crippen LogP contribution in [0, 0.1) is 22.0 Å². The lowest BCUT2D eigenvalue weighted by molar-refractivity contribution is -0.384. The highest BCUT2D eigenvalue weighted by Crippen LogP contribution is 2.47. The second kappa shape index (κ2) is 9.69. The first kappa shape index (κ1) is 25.4. The lowest BCUT2D eigenvalue weighted by Gasteiger charge is -2.32. The van der Waals surface area contributed by atoms with Crippen molar-refractivity contribution in [1.82, 2.24) is 4.90 Å². The molecule has 0 aromatic heterocycles. The number of non-ortho nitro benzene ring substituents is 1. The van der Waals surface area contributed by atoms with Gasteiger partial charge in [0.25, 0.3) is 5.69 Å². The fourth-order valence-corrected chi connectivity index (χ4v) is 5.84. The zero-order valence-corrected chi connectivity index (χ0v) is 21.5. The maximum absolute atomic E-state index is 13.9. The first-order chi connectivity index (χ1) is 19.3. The van der Waals surface area contributed by atoms with Crippen LogP contribution < -0.4 is 4.90 Å². The molecule has 3 aromatic carbocycles. The van der Waals surface area contributed by atoms with E-state index in [4.69, 9.17) is 11.6 Å². The van der Waals surface area contributed by atoms with E-state index in [9.17, 15) is 29.3 Å². The third kappa shape index (κ3) is 4.02. The minimum absolute atomic E-state index is 0.176. The summed E-state index contributed by atoms with van der Waals surface area (Å²) in [5.41, 5.74) is 1.13. The van der Waals surface area contributed by atoms with Crippen molar-refractivity contribution in [2.75, 3.05) is 4.90 Å². The number of carbonyl (C=O) groups excluding carboxylic acids is 4. The number of allylic oxidation sites excluding steroid dienone is 2. The summed E-state index contributed by atoms with van der Waals surface area (Å²) in [4.78, 5) is 68.0. The Morgan fingerprint density at radius 2 is 1.48 bits per heavy atom. The molecule has 2 amide bonds. The van der Waals surface area contributed by atoms with E-state index in [0.29, 0.717) is 21.7 Å². The Labute approximate surface area is 233 Å². The van der Waals surface area contributed by atoms with Crippen molar-refractivity contribution in [3.05, 3.63) is 129 Å². The van der Waals surface area contributed by atoms with Crippen molar-refractivity contribution in [2.24, 2.45) is 11.8 Å². The molecule has 0 saturated carbocycles. The molecule has 0 bridgehead atoms. The summed E-state index contributed by atoms with van der Waals surface area (Å²) in [6.45, 7) is 0. The third-order valence-corrected chi connectivity index (χ3v) is 7.81. The topological polar surface area (TPSA) is 118 Å². The Morgan fingerprint density at radius 3 is 2.12 bits per heavy atom. The van der Waals surface area contributed by atoms with Crippen LogP contribution in [0.25, 0.3) is 0 Å². The summed E-state index contributed by atoms with van der Waals surface area (Å²) in [5.74, 6) is -3.72. The number of benzene rings is 3. The van der Waals surface area contributed by atoms with Crippen LogP contribution in [0.3, 0.4) is 0 Å². The van der Waals surface area contributed by atoms with E-state index < -0.39 is 40.7 Å². The van der Waals surface area contributed by atoms with Crippen LogP contribution in [0.5, 0.6) is 0 Å². The van der Waals surface area contributed by atoms with E-state index in [0.717, 1.165) is 4.90 Å². The molecule has 6 rings (SSSR count). The number of rotatable bonds is 6. The molecule has 0 N–H and O–H groups in total. The van der Waals surface area contributed by atoms with Crippen LogP contribution in [0.2, 0.25) is 5.02 Å². The van der Waals surface area contributed by atoms with E-state index in [1.165, 1.54) is 24.3 Å². The minimum Gasteiger partial charge on any atom is -0.359 e. The predicted molar refractivity (Wildman–Crippen MR) is 146 cm³/mol. The molecule has 40 heavy (non-hydrogen) atoms. The lowest BCUT2D eigenvalue weighted by atomic mass is 9.85. The number of anilines is 1. The normalized spacial score (nSPS) is 23.1. The van der Waals surface area contributed by atoms with E-state index in [1.807, 2.05) is 0 Å². The molecule has 0 aliphatic carbocycles. The molecule has 3 heterocycles. The van der Waals surface area contributed by atoms with Gasteiger partial charge in [-0.25, -0.2) is 4.90 Å². The van der Waals surface area contributed by atoms with E-state index in [2.05, 4.69) is 0 Å². The largest absolute Gasteiger partial charge is 0.359 e. The van der Waals surface area contributed by atoms with Gasteiger partial charge < -0.3 is 4.90 Å². The molecule has 3 aromatic rings. The fourth-order valence-electron chi connectivity index (χ4n) is 5.72. The number of carbonyl (C=O) groups is 4. The van der Waals surface area contributed by atoms with Crippen LogP contribution >= 0.6 is 11.6 Å². The van der Waals surface area contributed by atoms with Crippen molar-refractivity contribution in [1.29, 1.82) is 0 Å². The SMILES string of the molecule is O=C(C1=CC2C3C(=O)N(c4ccc([N+](=O)[O-])cc4)C(=O)C3C(C(=O)c3ccc(Cl)cc3)N2C=C1)c1ccccc1. The zero-order chi connectivity index (χ0) is 28.1. The molecular formula is C30H20ClN3O6. The van der Waals surface area contributed by atoms with Gasteiger partial charge >= 0.3 is 0 Å². The average Bonchev–Trinajstić information content (AvgIpc) is 3.44. The zero-order valence-electron chi connectivity index (χ0n) is 20.7. The summed E-state index contributed by atoms with van der Waals surface area (Å²) in [6.07, 6.45) is 4.85. The maximum Gasteiger partial charge on any atom is 0.269 e. The van der Waals surface area contributed by atoms with E-state index in [1.54, 1.807) is 77.8 Å². The number of fused-ring (bicyclic) bond motifs is 3. The van der Waals surface area contributed by atoms with Crippen LogP contribution in [-0.2, 0) is 9.59 Å². The molecule has 2 fully saturated rings. The van der Waals surface area contributed by atoms with Crippen LogP contribution in [-0.4, -0.2) is 45.3 Å². The van der Waals surface area contributed by atoms with Crippen molar-refractivity contribution < 1.29 is 24.1 Å². The molecule has 10 heteroatoms. The predicted octanol–water partition coefficient (Wildman–Crippen LogP) is 4.63. The molecule has 4 unspecified atom stereocenters. The van der Waals surface area contributed by atoms with Gasteiger partial charge in [-0.3, -0.25) is 29.3 Å². The number of nitro benzene ring substituents is 1. The van der Waals surface area contributed by atoms with Gasteiger partial charge in [-0.1, -0.05) is 48.0 Å². The van der Waals surface area contributed by atoms with Crippen molar-refractivity contribution in [2.45, 2.75) is 12.1 Å². The first-order valence-electron chi connectivity index (χ1n) is 12.5. The summed E-state index contributed by atoms with van der Waals surface area (Å²) in [6, 6.07) is 18.3. The number of halogens is 1. The Balaban J connectivity index is 1.42. The monoisotopic (exact) mass is 553 g/mol. The summed E-state index contributed by atoms with van der Waals surface area (Å²) < 4.78 is 0. The highest BCUT2D eigenvalue weighted by Gasteiger charge is 2.63. The quantitative estimate of drug-likeness (QED) is 0.189. The Bertz CT molecular complexity index is 1630. The van der Waals surface area contributed by atoms with Crippen LogP contribution in [0.4, 0.5) is 11.4 Å². The molecule has 2 saturated heterocycles. The number of ketones is 2. The van der Waals surface area contributed by atoms with E-state index in [-0.39, 0.29) is 22.9 Å². The maximum atomic E-state index is 13.9. The number of hydrogen-bond acceptors (Lipinski definition) is 7. The molecule has 3 aliphatic rings. The second-order valence-corrected chi connectivity index (χ2v) is 10.2. The van der Waals surface area contributed by atoms with Crippen molar-refractivity contribution in [3.63, 3.8) is 0 Å². The second-order valence-electron chi connectivity index (χ2n) is 9.72. The molecular weight excluding hydrogens is 534 g/mol. The standard InChI is InChI=1S/C30H20ClN3O6/c31-20-8-6-18(7-9-20)28(36)26-25-24(29(37)33(30(25)38)21-10-12-22(13-11-21)34(39)40)23-16-19(14-15-32(23)26)27(35)17-4-2-1-3-5-17/h1-16,23-26H. The molecule has 198 valence electrons. The van der Waals surface area contributed by atoms with E-state index >= 15 is 0 Å². The molecule has 0 spiro atoms. The number of nitro groups is 1. The van der Waals surface area contributed by atoms with Gasteiger partial charge in [0.15, 0.2) is 11.6 Å². The van der Waals surface area contributed by atoms with Crippen molar-refractivity contribution in [3.8, 4) is 0 Å². The van der Waals surface area contributed by atoms with Gasteiger partial charge in [0.05, 0.1) is 28.5 Å². The molecule has 4 atom stereocenters. The number of imide groups is 1. The summed E-state index contributed by atoms with van der Waals surface area (Å²) in [5, 5.41) is 11.6.